The van der Waals surface area contributed by atoms with Gasteiger partial charge in [0.05, 0.1) is 11.4 Å². The summed E-state index contributed by atoms with van der Waals surface area (Å²) in [5.41, 5.74) is 0.480. The molecule has 108 valence electrons. The normalized spacial score (nSPS) is 12.4. The lowest BCUT2D eigenvalue weighted by Gasteiger charge is -2.12. The van der Waals surface area contributed by atoms with Gasteiger partial charge in [-0.2, -0.15) is 13.2 Å². The molecule has 0 saturated heterocycles. The zero-order chi connectivity index (χ0) is 14.7. The second-order valence-corrected chi connectivity index (χ2v) is 5.95. The first-order chi connectivity index (χ1) is 8.61. The summed E-state index contributed by atoms with van der Waals surface area (Å²) in [6.07, 6.45) is -6.06. The Kier molecular flexibility index (Phi) is 4.67. The predicted molar refractivity (Wildman–Crippen MR) is 65.5 cm³/mol. The van der Waals surface area contributed by atoms with Gasteiger partial charge in [0, 0.05) is 6.42 Å². The number of benzene rings is 1. The molecule has 0 spiro atoms. The van der Waals surface area contributed by atoms with Gasteiger partial charge in [0.2, 0.25) is 10.0 Å². The van der Waals surface area contributed by atoms with Crippen LogP contribution < -0.4 is 4.72 Å². The van der Waals surface area contributed by atoms with E-state index in [1.54, 1.807) is 13.0 Å². The van der Waals surface area contributed by atoms with Gasteiger partial charge in [-0.15, -0.1) is 0 Å². The number of para-hydroxylation sites is 1. The van der Waals surface area contributed by atoms with Gasteiger partial charge in [-0.3, -0.25) is 4.72 Å². The van der Waals surface area contributed by atoms with Crippen LogP contribution in [-0.4, -0.2) is 25.5 Å². The highest BCUT2D eigenvalue weighted by atomic mass is 32.2. The van der Waals surface area contributed by atoms with Gasteiger partial charge in [0.15, 0.2) is 0 Å². The van der Waals surface area contributed by atoms with Gasteiger partial charge in [-0.1, -0.05) is 12.1 Å². The van der Waals surface area contributed by atoms with Crippen LogP contribution in [0.5, 0.6) is 5.75 Å². The summed E-state index contributed by atoms with van der Waals surface area (Å²) < 4.78 is 61.1. The standard InChI is InChI=1S/C11H14F3NO3S/c1-8-4-2-5-9(16)10(8)15-19(17,18)7-3-6-11(12,13)14/h2,4-5,15-16H,3,6-7H2,1H3. The first-order valence-corrected chi connectivity index (χ1v) is 7.12. The molecule has 0 amide bonds. The zero-order valence-corrected chi connectivity index (χ0v) is 11.0. The Labute approximate surface area is 109 Å². The number of alkyl halides is 3. The Morgan fingerprint density at radius 3 is 2.47 bits per heavy atom. The fourth-order valence-electron chi connectivity index (χ4n) is 1.45. The van der Waals surface area contributed by atoms with E-state index in [-0.39, 0.29) is 11.4 Å². The number of anilines is 1. The van der Waals surface area contributed by atoms with E-state index in [0.717, 1.165) is 0 Å². The van der Waals surface area contributed by atoms with Crippen molar-refractivity contribution in [1.29, 1.82) is 0 Å². The first kappa shape index (κ1) is 15.6. The summed E-state index contributed by atoms with van der Waals surface area (Å²) in [5.74, 6) is -0.917. The molecule has 0 radical (unpaired) electrons. The number of hydrogen-bond acceptors (Lipinski definition) is 3. The predicted octanol–water partition coefficient (Wildman–Crippen LogP) is 2.78. The van der Waals surface area contributed by atoms with E-state index >= 15 is 0 Å². The Hall–Kier alpha value is -1.44. The third-order valence-corrected chi connectivity index (χ3v) is 3.72. The van der Waals surface area contributed by atoms with Gasteiger partial charge in [0.25, 0.3) is 0 Å². The lowest BCUT2D eigenvalue weighted by Crippen LogP contribution is -2.19. The summed E-state index contributed by atoms with van der Waals surface area (Å²) in [6.45, 7) is 1.58. The second kappa shape index (κ2) is 5.68. The molecule has 0 unspecified atom stereocenters. The van der Waals surface area contributed by atoms with Crippen LogP contribution in [0, 0.1) is 6.92 Å². The monoisotopic (exact) mass is 297 g/mol. The Morgan fingerprint density at radius 2 is 1.95 bits per heavy atom. The molecular weight excluding hydrogens is 283 g/mol. The van der Waals surface area contributed by atoms with Crippen LogP contribution in [0.15, 0.2) is 18.2 Å². The van der Waals surface area contributed by atoms with Crippen molar-refractivity contribution < 1.29 is 26.7 Å². The smallest absolute Gasteiger partial charge is 0.389 e. The average Bonchev–Trinajstić information content (AvgIpc) is 2.21. The number of sulfonamides is 1. The molecule has 2 N–H and O–H groups in total. The summed E-state index contributed by atoms with van der Waals surface area (Å²) in [4.78, 5) is 0. The van der Waals surface area contributed by atoms with Crippen molar-refractivity contribution in [2.75, 3.05) is 10.5 Å². The SMILES string of the molecule is Cc1cccc(O)c1NS(=O)(=O)CCCC(F)(F)F. The maximum Gasteiger partial charge on any atom is 0.389 e. The van der Waals surface area contributed by atoms with Crippen LogP contribution in [0.3, 0.4) is 0 Å². The second-order valence-electron chi connectivity index (χ2n) is 4.11. The van der Waals surface area contributed by atoms with E-state index in [2.05, 4.69) is 4.72 Å². The molecule has 0 aliphatic heterocycles. The van der Waals surface area contributed by atoms with Gasteiger partial charge in [0.1, 0.15) is 5.75 Å². The Bertz CT molecular complexity index is 520. The largest absolute Gasteiger partial charge is 0.506 e. The van der Waals surface area contributed by atoms with Crippen molar-refractivity contribution >= 4 is 15.7 Å². The van der Waals surface area contributed by atoms with E-state index in [9.17, 15) is 26.7 Å². The highest BCUT2D eigenvalue weighted by Gasteiger charge is 2.27. The van der Waals surface area contributed by atoms with Gasteiger partial charge < -0.3 is 5.11 Å². The fourth-order valence-corrected chi connectivity index (χ4v) is 2.66. The van der Waals surface area contributed by atoms with Gasteiger partial charge in [-0.05, 0) is 25.0 Å². The lowest BCUT2D eigenvalue weighted by atomic mass is 10.2. The number of aromatic hydroxyl groups is 1. The Balaban J connectivity index is 2.70. The van der Waals surface area contributed by atoms with E-state index in [4.69, 9.17) is 0 Å². The summed E-state index contributed by atoms with van der Waals surface area (Å²) in [6, 6.07) is 4.40. The van der Waals surface area contributed by atoms with Crippen LogP contribution in [0.4, 0.5) is 18.9 Å². The van der Waals surface area contributed by atoms with Crippen molar-refractivity contribution in [2.24, 2.45) is 0 Å². The van der Waals surface area contributed by atoms with E-state index < -0.39 is 34.8 Å². The topological polar surface area (TPSA) is 66.4 Å². The van der Waals surface area contributed by atoms with Crippen molar-refractivity contribution in [2.45, 2.75) is 25.9 Å². The van der Waals surface area contributed by atoms with Crippen molar-refractivity contribution in [3.63, 3.8) is 0 Å². The number of nitrogens with one attached hydrogen (secondary N) is 1. The molecule has 1 rings (SSSR count). The molecule has 0 atom stereocenters. The molecule has 0 aliphatic carbocycles. The minimum absolute atomic E-state index is 0.00508. The van der Waals surface area contributed by atoms with Crippen molar-refractivity contribution in [3.8, 4) is 5.75 Å². The maximum atomic E-state index is 11.9. The maximum absolute atomic E-state index is 11.9. The number of phenolic OH excluding ortho intramolecular Hbond substituents is 1. The molecular formula is C11H14F3NO3S. The molecule has 19 heavy (non-hydrogen) atoms. The molecule has 1 aromatic carbocycles. The number of rotatable bonds is 5. The quantitative estimate of drug-likeness (QED) is 0.821. The summed E-state index contributed by atoms with van der Waals surface area (Å²) in [5, 5.41) is 9.50. The number of halogens is 3. The van der Waals surface area contributed by atoms with Crippen LogP contribution in [0.1, 0.15) is 18.4 Å². The van der Waals surface area contributed by atoms with Gasteiger partial charge in [-0.25, -0.2) is 8.42 Å². The summed E-state index contributed by atoms with van der Waals surface area (Å²) >= 11 is 0. The van der Waals surface area contributed by atoms with E-state index in [1.807, 2.05) is 0 Å². The highest BCUT2D eigenvalue weighted by molar-refractivity contribution is 7.92. The van der Waals surface area contributed by atoms with E-state index in [0.29, 0.717) is 5.56 Å². The van der Waals surface area contributed by atoms with Crippen LogP contribution in [0.25, 0.3) is 0 Å². The molecule has 0 fully saturated rings. The molecule has 0 heterocycles. The average molecular weight is 297 g/mol. The number of hydrogen-bond donors (Lipinski definition) is 2. The fraction of sp³-hybridized carbons (Fsp3) is 0.455. The Morgan fingerprint density at radius 1 is 1.32 bits per heavy atom. The first-order valence-electron chi connectivity index (χ1n) is 5.46. The highest BCUT2D eigenvalue weighted by Crippen LogP contribution is 2.28. The minimum Gasteiger partial charge on any atom is -0.506 e. The molecule has 0 bridgehead atoms. The third kappa shape index (κ3) is 5.37. The molecule has 0 saturated carbocycles. The minimum atomic E-state index is -4.37. The number of phenols is 1. The van der Waals surface area contributed by atoms with Crippen LogP contribution in [0.2, 0.25) is 0 Å². The van der Waals surface area contributed by atoms with E-state index in [1.165, 1.54) is 12.1 Å². The van der Waals surface area contributed by atoms with Crippen LogP contribution >= 0.6 is 0 Å². The molecule has 1 aromatic rings. The lowest BCUT2D eigenvalue weighted by molar-refractivity contribution is -0.134. The van der Waals surface area contributed by atoms with Crippen molar-refractivity contribution in [3.05, 3.63) is 23.8 Å². The van der Waals surface area contributed by atoms with Gasteiger partial charge >= 0.3 is 6.18 Å². The molecule has 8 heteroatoms. The zero-order valence-electron chi connectivity index (χ0n) is 10.2. The van der Waals surface area contributed by atoms with Crippen molar-refractivity contribution in [1.82, 2.24) is 0 Å². The molecule has 4 nitrogen and oxygen atoms in total. The molecule has 0 aliphatic rings. The molecule has 0 aromatic heterocycles. The third-order valence-electron chi connectivity index (χ3n) is 2.38. The van der Waals surface area contributed by atoms with Crippen LogP contribution in [-0.2, 0) is 10.0 Å². The summed E-state index contributed by atoms with van der Waals surface area (Å²) in [7, 11) is -3.91. The number of aryl methyl sites for hydroxylation is 1.